The minimum absolute atomic E-state index is 0.0752. The van der Waals surface area contributed by atoms with Gasteiger partial charge in [0.25, 0.3) is 11.5 Å². The number of carbonyl (C=O) groups is 1. The highest BCUT2D eigenvalue weighted by Gasteiger charge is 2.11. The second-order valence-electron chi connectivity index (χ2n) is 5.50. The molecule has 0 aliphatic heterocycles. The molecular weight excluding hydrogens is 336 g/mol. The van der Waals surface area contributed by atoms with E-state index in [1.807, 2.05) is 30.3 Å². The molecule has 0 unspecified atom stereocenters. The van der Waals surface area contributed by atoms with Gasteiger partial charge in [0.1, 0.15) is 5.76 Å². The molecule has 0 saturated carbocycles. The Bertz CT molecular complexity index is 1090. The molecule has 6 heteroatoms. The molecule has 1 amide bonds. The summed E-state index contributed by atoms with van der Waals surface area (Å²) in [5.41, 5.74) is 1.10. The lowest BCUT2D eigenvalue weighted by Crippen LogP contribution is -2.22. The van der Waals surface area contributed by atoms with Crippen molar-refractivity contribution in [2.24, 2.45) is 0 Å². The molecule has 0 radical (unpaired) electrons. The van der Waals surface area contributed by atoms with Crippen LogP contribution in [0.1, 0.15) is 16.1 Å². The van der Waals surface area contributed by atoms with Crippen LogP contribution >= 0.6 is 11.5 Å². The van der Waals surface area contributed by atoms with Crippen molar-refractivity contribution in [3.8, 4) is 5.69 Å². The van der Waals surface area contributed by atoms with Crippen LogP contribution in [0.5, 0.6) is 0 Å². The molecule has 5 nitrogen and oxygen atoms in total. The number of rotatable bonds is 4. The number of fused-ring (bicyclic) bond motifs is 1. The van der Waals surface area contributed by atoms with Crippen LogP contribution in [0.15, 0.2) is 76.1 Å². The van der Waals surface area contributed by atoms with Gasteiger partial charge in [0, 0.05) is 5.56 Å². The predicted octanol–water partition coefficient (Wildman–Crippen LogP) is 3.58. The molecule has 4 aromatic rings. The highest BCUT2D eigenvalue weighted by molar-refractivity contribution is 7.14. The van der Waals surface area contributed by atoms with E-state index >= 15 is 0 Å². The van der Waals surface area contributed by atoms with Gasteiger partial charge in [0.2, 0.25) is 0 Å². The van der Waals surface area contributed by atoms with Gasteiger partial charge in [-0.15, -0.1) is 0 Å². The number of aromatic nitrogens is 1. The maximum absolute atomic E-state index is 12.6. The van der Waals surface area contributed by atoms with E-state index in [-0.39, 0.29) is 11.5 Å². The third-order valence-corrected chi connectivity index (χ3v) is 4.95. The van der Waals surface area contributed by atoms with Gasteiger partial charge in [0.15, 0.2) is 0 Å². The van der Waals surface area contributed by atoms with Crippen molar-refractivity contribution in [1.29, 1.82) is 0 Å². The van der Waals surface area contributed by atoms with Gasteiger partial charge in [0.05, 0.1) is 28.6 Å². The van der Waals surface area contributed by atoms with E-state index in [1.54, 1.807) is 40.6 Å². The van der Waals surface area contributed by atoms with Crippen LogP contribution in [0.25, 0.3) is 15.8 Å². The second kappa shape index (κ2) is 6.41. The summed E-state index contributed by atoms with van der Waals surface area (Å²) in [6.45, 7) is 0.318. The quantitative estimate of drug-likeness (QED) is 0.612. The SMILES string of the molecule is O=C(NCc1ccco1)c1cccc(-n2sc3ccccc3c2=O)c1. The fourth-order valence-corrected chi connectivity index (χ4v) is 3.59. The number of hydrogen-bond acceptors (Lipinski definition) is 4. The lowest BCUT2D eigenvalue weighted by Gasteiger charge is -2.06. The highest BCUT2D eigenvalue weighted by Crippen LogP contribution is 2.20. The van der Waals surface area contributed by atoms with Crippen molar-refractivity contribution in [3.05, 3.63) is 88.6 Å². The van der Waals surface area contributed by atoms with Crippen molar-refractivity contribution in [1.82, 2.24) is 9.27 Å². The van der Waals surface area contributed by atoms with Crippen LogP contribution in [-0.4, -0.2) is 9.86 Å². The number of carbonyl (C=O) groups excluding carboxylic acids is 1. The third-order valence-electron chi connectivity index (χ3n) is 3.84. The fourth-order valence-electron chi connectivity index (χ4n) is 2.60. The minimum Gasteiger partial charge on any atom is -0.467 e. The Balaban J connectivity index is 1.63. The topological polar surface area (TPSA) is 64.2 Å². The van der Waals surface area contributed by atoms with Crippen molar-refractivity contribution < 1.29 is 9.21 Å². The first kappa shape index (κ1) is 15.4. The summed E-state index contributed by atoms with van der Waals surface area (Å²) in [7, 11) is 0. The van der Waals surface area contributed by atoms with Crippen molar-refractivity contribution >= 4 is 27.5 Å². The Hall–Kier alpha value is -3.12. The summed E-state index contributed by atoms with van der Waals surface area (Å²) in [6, 6.07) is 18.1. The molecule has 25 heavy (non-hydrogen) atoms. The van der Waals surface area contributed by atoms with Crippen LogP contribution < -0.4 is 10.9 Å². The standard InChI is InChI=1S/C19H14N2O3S/c22-18(20-12-15-7-4-10-24-15)13-5-3-6-14(11-13)21-19(23)16-8-1-2-9-17(16)25-21/h1-11H,12H2,(H,20,22). The van der Waals surface area contributed by atoms with E-state index in [2.05, 4.69) is 5.32 Å². The average Bonchev–Trinajstić information content (AvgIpc) is 3.28. The normalized spacial score (nSPS) is 10.9. The van der Waals surface area contributed by atoms with E-state index in [9.17, 15) is 9.59 Å². The molecular formula is C19H14N2O3S. The van der Waals surface area contributed by atoms with Crippen molar-refractivity contribution in [2.45, 2.75) is 6.54 Å². The molecule has 0 atom stereocenters. The molecule has 2 heterocycles. The lowest BCUT2D eigenvalue weighted by atomic mass is 10.2. The van der Waals surface area contributed by atoms with Gasteiger partial charge in [-0.3, -0.25) is 9.59 Å². The molecule has 0 fully saturated rings. The zero-order valence-corrected chi connectivity index (χ0v) is 14.0. The van der Waals surface area contributed by atoms with Gasteiger partial charge in [-0.25, -0.2) is 3.96 Å². The monoisotopic (exact) mass is 350 g/mol. The average molecular weight is 350 g/mol. The maximum Gasteiger partial charge on any atom is 0.273 e. The Morgan fingerprint density at radius 2 is 1.96 bits per heavy atom. The maximum atomic E-state index is 12.6. The summed E-state index contributed by atoms with van der Waals surface area (Å²) in [5.74, 6) is 0.470. The van der Waals surface area contributed by atoms with E-state index < -0.39 is 0 Å². The Labute approximate surface area is 147 Å². The predicted molar refractivity (Wildman–Crippen MR) is 97.3 cm³/mol. The van der Waals surface area contributed by atoms with E-state index in [0.29, 0.717) is 28.9 Å². The van der Waals surface area contributed by atoms with E-state index in [1.165, 1.54) is 11.5 Å². The molecule has 1 N–H and O–H groups in total. The zero-order chi connectivity index (χ0) is 17.2. The summed E-state index contributed by atoms with van der Waals surface area (Å²) in [6.07, 6.45) is 1.57. The number of nitrogens with zero attached hydrogens (tertiary/aromatic N) is 1. The highest BCUT2D eigenvalue weighted by atomic mass is 32.1. The van der Waals surface area contributed by atoms with Crippen molar-refractivity contribution in [3.63, 3.8) is 0 Å². The molecule has 0 saturated heterocycles. The van der Waals surface area contributed by atoms with Gasteiger partial charge >= 0.3 is 0 Å². The Morgan fingerprint density at radius 3 is 2.76 bits per heavy atom. The van der Waals surface area contributed by atoms with Crippen LogP contribution in [0.3, 0.4) is 0 Å². The lowest BCUT2D eigenvalue weighted by molar-refractivity contribution is 0.0948. The smallest absolute Gasteiger partial charge is 0.273 e. The van der Waals surface area contributed by atoms with Gasteiger partial charge in [-0.05, 0) is 42.5 Å². The van der Waals surface area contributed by atoms with Gasteiger partial charge < -0.3 is 9.73 Å². The largest absolute Gasteiger partial charge is 0.467 e. The number of benzene rings is 2. The van der Waals surface area contributed by atoms with Crippen LogP contribution in [0.2, 0.25) is 0 Å². The minimum atomic E-state index is -0.215. The first-order valence-electron chi connectivity index (χ1n) is 7.74. The molecule has 2 aromatic heterocycles. The van der Waals surface area contributed by atoms with Gasteiger partial charge in [-0.2, -0.15) is 0 Å². The van der Waals surface area contributed by atoms with Crippen LogP contribution in [-0.2, 0) is 6.54 Å². The molecule has 0 spiro atoms. The number of furan rings is 1. The molecule has 0 aliphatic carbocycles. The summed E-state index contributed by atoms with van der Waals surface area (Å²) < 4.78 is 7.73. The number of amides is 1. The van der Waals surface area contributed by atoms with E-state index in [0.717, 1.165) is 4.70 Å². The Kier molecular flexibility index (Phi) is 3.95. The van der Waals surface area contributed by atoms with E-state index in [4.69, 9.17) is 4.42 Å². The third kappa shape index (κ3) is 2.99. The molecule has 2 aromatic carbocycles. The summed E-state index contributed by atoms with van der Waals surface area (Å²) >= 11 is 1.37. The molecule has 0 bridgehead atoms. The first-order chi connectivity index (χ1) is 12.2. The van der Waals surface area contributed by atoms with Crippen molar-refractivity contribution in [2.75, 3.05) is 0 Å². The van der Waals surface area contributed by atoms with Crippen LogP contribution in [0.4, 0.5) is 0 Å². The molecule has 0 aliphatic rings. The first-order valence-corrected chi connectivity index (χ1v) is 8.52. The molecule has 124 valence electrons. The Morgan fingerprint density at radius 1 is 1.08 bits per heavy atom. The van der Waals surface area contributed by atoms with Gasteiger partial charge in [-0.1, -0.05) is 29.7 Å². The second-order valence-corrected chi connectivity index (χ2v) is 6.49. The summed E-state index contributed by atoms with van der Waals surface area (Å²) in [4.78, 5) is 24.9. The number of nitrogens with one attached hydrogen (secondary N) is 1. The van der Waals surface area contributed by atoms with Crippen LogP contribution in [0, 0.1) is 0 Å². The fraction of sp³-hybridized carbons (Fsp3) is 0.0526. The molecule has 4 rings (SSSR count). The summed E-state index contributed by atoms with van der Waals surface area (Å²) in [5, 5.41) is 3.49. The zero-order valence-electron chi connectivity index (χ0n) is 13.1. The number of hydrogen-bond donors (Lipinski definition) is 1.